The number of nitrogens with one attached hydrogen (secondary N) is 1. The third-order valence-corrected chi connectivity index (χ3v) is 3.28. The van der Waals surface area contributed by atoms with Gasteiger partial charge in [0.15, 0.2) is 0 Å². The molecule has 1 N–H and O–H groups in total. The number of halogens is 2. The van der Waals surface area contributed by atoms with Crippen molar-refractivity contribution < 1.29 is 13.9 Å². The average molecular weight is 380 g/mol. The molecule has 0 bridgehead atoms. The van der Waals surface area contributed by atoms with Crippen LogP contribution in [0.1, 0.15) is 10.4 Å². The van der Waals surface area contributed by atoms with Crippen molar-refractivity contribution in [3.8, 4) is 0 Å². The fourth-order valence-electron chi connectivity index (χ4n) is 1.35. The summed E-state index contributed by atoms with van der Waals surface area (Å²) in [7, 11) is 3.95. The molecule has 19 heavy (non-hydrogen) atoms. The van der Waals surface area contributed by atoms with Gasteiger partial charge in [-0.15, -0.1) is 0 Å². The summed E-state index contributed by atoms with van der Waals surface area (Å²) in [6.07, 6.45) is 0. The number of likely N-dealkylation sites (N-methyl/N-ethyl adjacent to an activating group) is 1. The van der Waals surface area contributed by atoms with E-state index in [1.165, 1.54) is 18.2 Å². The van der Waals surface area contributed by atoms with Gasteiger partial charge >= 0.3 is 0 Å². The highest BCUT2D eigenvalue weighted by molar-refractivity contribution is 14.1. The number of carbonyl (C=O) groups excluding carboxylic acids is 1. The second-order valence-corrected chi connectivity index (χ2v) is 5.46. The van der Waals surface area contributed by atoms with Crippen LogP contribution in [0.3, 0.4) is 0 Å². The normalized spacial score (nSPS) is 10.8. The van der Waals surface area contributed by atoms with Gasteiger partial charge in [-0.2, -0.15) is 0 Å². The Morgan fingerprint density at radius 2 is 2.16 bits per heavy atom. The standard InChI is InChI=1S/C13H18FIN2O2/c1-17(2)6-8-19-7-5-16-13(18)11-4-3-10(14)9-12(11)15/h3-4,9H,5-8H2,1-2H3,(H,16,18). The van der Waals surface area contributed by atoms with Crippen molar-refractivity contribution >= 4 is 28.5 Å². The first kappa shape index (κ1) is 16.3. The van der Waals surface area contributed by atoms with Gasteiger partial charge in [0.25, 0.3) is 5.91 Å². The third kappa shape index (κ3) is 6.31. The van der Waals surface area contributed by atoms with E-state index < -0.39 is 0 Å². The zero-order valence-electron chi connectivity index (χ0n) is 11.1. The number of hydrogen-bond acceptors (Lipinski definition) is 3. The first-order valence-corrected chi connectivity index (χ1v) is 7.04. The van der Waals surface area contributed by atoms with E-state index in [0.29, 0.717) is 28.9 Å². The second-order valence-electron chi connectivity index (χ2n) is 4.30. The van der Waals surface area contributed by atoms with Crippen LogP contribution in [-0.4, -0.2) is 51.2 Å². The molecule has 1 rings (SSSR count). The second kappa shape index (κ2) is 8.44. The predicted molar refractivity (Wildman–Crippen MR) is 80.8 cm³/mol. The van der Waals surface area contributed by atoms with E-state index in [0.717, 1.165) is 6.54 Å². The van der Waals surface area contributed by atoms with Crippen LogP contribution >= 0.6 is 22.6 Å². The van der Waals surface area contributed by atoms with E-state index in [2.05, 4.69) is 5.32 Å². The van der Waals surface area contributed by atoms with Gasteiger partial charge in [0.2, 0.25) is 0 Å². The molecule has 6 heteroatoms. The quantitative estimate of drug-likeness (QED) is 0.579. The van der Waals surface area contributed by atoms with Crippen LogP contribution in [0, 0.1) is 9.39 Å². The van der Waals surface area contributed by atoms with Crippen LogP contribution in [-0.2, 0) is 4.74 Å². The molecule has 0 fully saturated rings. The summed E-state index contributed by atoms with van der Waals surface area (Å²) in [6, 6.07) is 4.10. The van der Waals surface area contributed by atoms with Crippen LogP contribution in [0.15, 0.2) is 18.2 Å². The highest BCUT2D eigenvalue weighted by Crippen LogP contribution is 2.13. The van der Waals surface area contributed by atoms with E-state index in [9.17, 15) is 9.18 Å². The van der Waals surface area contributed by atoms with Gasteiger partial charge in [-0.1, -0.05) is 0 Å². The maximum atomic E-state index is 12.9. The van der Waals surface area contributed by atoms with Gasteiger partial charge in [-0.25, -0.2) is 4.39 Å². The van der Waals surface area contributed by atoms with Gasteiger partial charge in [-0.3, -0.25) is 4.79 Å². The van der Waals surface area contributed by atoms with Crippen LogP contribution in [0.4, 0.5) is 4.39 Å². The molecule has 0 aromatic heterocycles. The molecule has 0 saturated heterocycles. The molecule has 1 aromatic carbocycles. The zero-order valence-corrected chi connectivity index (χ0v) is 13.2. The maximum absolute atomic E-state index is 12.9. The number of nitrogens with zero attached hydrogens (tertiary/aromatic N) is 1. The Balaban J connectivity index is 2.28. The number of ether oxygens (including phenoxy) is 1. The van der Waals surface area contributed by atoms with Gasteiger partial charge in [-0.05, 0) is 54.9 Å². The Morgan fingerprint density at radius 1 is 1.42 bits per heavy atom. The predicted octanol–water partition coefficient (Wildman–Crippen LogP) is 1.74. The summed E-state index contributed by atoms with van der Waals surface area (Å²) in [5, 5.41) is 2.74. The van der Waals surface area contributed by atoms with E-state index in [1.807, 2.05) is 41.6 Å². The topological polar surface area (TPSA) is 41.6 Å². The van der Waals surface area contributed by atoms with Crippen molar-refractivity contribution in [3.05, 3.63) is 33.1 Å². The molecule has 1 amide bonds. The summed E-state index contributed by atoms with van der Waals surface area (Å²) in [4.78, 5) is 13.8. The lowest BCUT2D eigenvalue weighted by atomic mass is 10.2. The number of hydrogen-bond donors (Lipinski definition) is 1. The lowest BCUT2D eigenvalue weighted by Crippen LogP contribution is -2.29. The first-order chi connectivity index (χ1) is 9.00. The van der Waals surface area contributed by atoms with Gasteiger partial charge in [0.05, 0.1) is 18.8 Å². The molecule has 0 atom stereocenters. The number of benzene rings is 1. The van der Waals surface area contributed by atoms with E-state index in [-0.39, 0.29) is 11.7 Å². The monoisotopic (exact) mass is 380 g/mol. The van der Waals surface area contributed by atoms with Gasteiger partial charge < -0.3 is 15.0 Å². The fourth-order valence-corrected chi connectivity index (χ4v) is 2.08. The van der Waals surface area contributed by atoms with Crippen LogP contribution in [0.2, 0.25) is 0 Å². The summed E-state index contributed by atoms with van der Waals surface area (Å²) >= 11 is 1.95. The lowest BCUT2D eigenvalue weighted by Gasteiger charge is -2.10. The molecule has 0 heterocycles. The minimum absolute atomic E-state index is 0.208. The summed E-state index contributed by atoms with van der Waals surface area (Å²) in [5.74, 6) is -0.548. The van der Waals surface area contributed by atoms with Crippen molar-refractivity contribution in [3.63, 3.8) is 0 Å². The molecular formula is C13H18FIN2O2. The van der Waals surface area contributed by atoms with E-state index in [1.54, 1.807) is 0 Å². The smallest absolute Gasteiger partial charge is 0.252 e. The minimum atomic E-state index is -0.340. The molecule has 0 spiro atoms. The molecular weight excluding hydrogens is 362 g/mol. The first-order valence-electron chi connectivity index (χ1n) is 5.96. The van der Waals surface area contributed by atoms with Crippen molar-refractivity contribution in [1.29, 1.82) is 0 Å². The Hall–Kier alpha value is -0.730. The maximum Gasteiger partial charge on any atom is 0.252 e. The summed E-state index contributed by atoms with van der Waals surface area (Å²) < 4.78 is 18.9. The largest absolute Gasteiger partial charge is 0.378 e. The molecule has 0 aliphatic rings. The minimum Gasteiger partial charge on any atom is -0.378 e. The number of rotatable bonds is 7. The van der Waals surface area contributed by atoms with Crippen molar-refractivity contribution in [2.45, 2.75) is 0 Å². The molecule has 0 saturated carbocycles. The van der Waals surface area contributed by atoms with E-state index >= 15 is 0 Å². The third-order valence-electron chi connectivity index (χ3n) is 2.39. The van der Waals surface area contributed by atoms with Gasteiger partial charge in [0, 0.05) is 16.7 Å². The fraction of sp³-hybridized carbons (Fsp3) is 0.462. The Bertz CT molecular complexity index is 427. The Labute approximate surface area is 126 Å². The molecule has 0 unspecified atom stereocenters. The number of carbonyl (C=O) groups is 1. The summed E-state index contributed by atoms with van der Waals surface area (Å²) in [5.41, 5.74) is 0.482. The highest BCUT2D eigenvalue weighted by Gasteiger charge is 2.09. The Morgan fingerprint density at radius 3 is 2.79 bits per heavy atom. The molecule has 0 aliphatic heterocycles. The average Bonchev–Trinajstić information content (AvgIpc) is 2.32. The lowest BCUT2D eigenvalue weighted by molar-refractivity contribution is 0.0899. The van der Waals surface area contributed by atoms with Crippen LogP contribution in [0.25, 0.3) is 0 Å². The van der Waals surface area contributed by atoms with Crippen LogP contribution in [0.5, 0.6) is 0 Å². The molecule has 0 radical (unpaired) electrons. The van der Waals surface area contributed by atoms with Crippen molar-refractivity contribution in [1.82, 2.24) is 10.2 Å². The summed E-state index contributed by atoms with van der Waals surface area (Å²) in [6.45, 7) is 2.40. The zero-order chi connectivity index (χ0) is 14.3. The van der Waals surface area contributed by atoms with Crippen LogP contribution < -0.4 is 5.32 Å². The highest BCUT2D eigenvalue weighted by atomic mass is 127. The molecule has 0 aliphatic carbocycles. The molecule has 106 valence electrons. The van der Waals surface area contributed by atoms with Crippen molar-refractivity contribution in [2.24, 2.45) is 0 Å². The Kier molecular flexibility index (Phi) is 7.25. The van der Waals surface area contributed by atoms with Crippen molar-refractivity contribution in [2.75, 3.05) is 40.4 Å². The van der Waals surface area contributed by atoms with Gasteiger partial charge in [0.1, 0.15) is 5.82 Å². The molecule has 1 aromatic rings. The van der Waals surface area contributed by atoms with E-state index in [4.69, 9.17) is 4.74 Å². The number of amides is 1. The SMILES string of the molecule is CN(C)CCOCCNC(=O)c1ccc(F)cc1I. The molecule has 4 nitrogen and oxygen atoms in total.